The first-order valence-electron chi connectivity index (χ1n) is 6.55. The van der Waals surface area contributed by atoms with E-state index in [2.05, 4.69) is 15.8 Å². The molecule has 6 heteroatoms. The average Bonchev–Trinajstić information content (AvgIpc) is 2.84. The zero-order chi connectivity index (χ0) is 15.4. The number of carbonyl (C=O) groups excluding carboxylic acids is 2. The summed E-state index contributed by atoms with van der Waals surface area (Å²) in [6, 6.07) is 8.28. The Hall–Kier alpha value is -2.63. The van der Waals surface area contributed by atoms with Crippen LogP contribution in [0.1, 0.15) is 33.4 Å². The lowest BCUT2D eigenvalue weighted by Gasteiger charge is -2.17. The first kappa shape index (κ1) is 14.8. The molecule has 0 aliphatic rings. The molecule has 2 aromatic rings. The second-order valence-corrected chi connectivity index (χ2v) is 4.63. The molecule has 110 valence electrons. The Morgan fingerprint density at radius 2 is 1.86 bits per heavy atom. The molecular weight excluding hydrogens is 270 g/mol. The van der Waals surface area contributed by atoms with Gasteiger partial charge in [0.1, 0.15) is 17.4 Å². The van der Waals surface area contributed by atoms with E-state index < -0.39 is 6.04 Å². The number of aryl methyl sites for hydroxylation is 2. The average molecular weight is 287 g/mol. The van der Waals surface area contributed by atoms with Crippen molar-refractivity contribution in [2.75, 3.05) is 7.05 Å². The fourth-order valence-electron chi connectivity index (χ4n) is 2.10. The van der Waals surface area contributed by atoms with Crippen LogP contribution in [0.15, 0.2) is 34.9 Å². The molecule has 1 unspecified atom stereocenters. The number of hydrogen-bond donors (Lipinski definition) is 2. The topological polar surface area (TPSA) is 84.2 Å². The lowest BCUT2D eigenvalue weighted by Crippen LogP contribution is -2.39. The minimum absolute atomic E-state index is 0.290. The van der Waals surface area contributed by atoms with E-state index in [4.69, 9.17) is 4.52 Å². The number of nitrogens with one attached hydrogen (secondary N) is 2. The number of rotatable bonds is 4. The van der Waals surface area contributed by atoms with Gasteiger partial charge < -0.3 is 15.2 Å². The highest BCUT2D eigenvalue weighted by Gasteiger charge is 2.25. The fourth-order valence-corrected chi connectivity index (χ4v) is 2.10. The van der Waals surface area contributed by atoms with E-state index in [0.29, 0.717) is 22.6 Å². The highest BCUT2D eigenvalue weighted by atomic mass is 16.5. The molecule has 2 rings (SSSR count). The summed E-state index contributed by atoms with van der Waals surface area (Å²) in [5.41, 5.74) is 1.56. The second-order valence-electron chi connectivity index (χ2n) is 4.63. The third kappa shape index (κ3) is 3.10. The van der Waals surface area contributed by atoms with Gasteiger partial charge in [0.2, 0.25) is 5.91 Å². The number of carbonyl (C=O) groups is 2. The van der Waals surface area contributed by atoms with E-state index in [0.717, 1.165) is 0 Å². The highest BCUT2D eigenvalue weighted by Crippen LogP contribution is 2.17. The number of aromatic nitrogens is 1. The number of benzene rings is 1. The Balaban J connectivity index is 2.28. The third-order valence-electron chi connectivity index (χ3n) is 3.18. The lowest BCUT2D eigenvalue weighted by molar-refractivity contribution is -0.122. The Bertz CT molecular complexity index is 630. The SMILES string of the molecule is CNC(=O)C(NC(=O)c1c(C)noc1C)c1ccccc1. The Kier molecular flexibility index (Phi) is 4.37. The van der Waals surface area contributed by atoms with Gasteiger partial charge in [0, 0.05) is 7.05 Å². The zero-order valence-electron chi connectivity index (χ0n) is 12.1. The molecule has 0 saturated heterocycles. The Labute approximate surface area is 122 Å². The number of likely N-dealkylation sites (N-methyl/N-ethyl adjacent to an activating group) is 1. The van der Waals surface area contributed by atoms with E-state index >= 15 is 0 Å². The number of nitrogens with zero attached hydrogens (tertiary/aromatic N) is 1. The first-order valence-corrected chi connectivity index (χ1v) is 6.55. The molecular formula is C15H17N3O3. The number of amides is 2. The first-order chi connectivity index (χ1) is 10.0. The van der Waals surface area contributed by atoms with Crippen LogP contribution >= 0.6 is 0 Å². The molecule has 0 aliphatic heterocycles. The summed E-state index contributed by atoms with van der Waals surface area (Å²) in [4.78, 5) is 24.4. The van der Waals surface area contributed by atoms with Crippen LogP contribution in [-0.2, 0) is 4.79 Å². The standard InChI is InChI=1S/C15H17N3O3/c1-9-12(10(2)21-18-9)14(19)17-13(15(20)16-3)11-7-5-4-6-8-11/h4-8,13H,1-3H3,(H,16,20)(H,17,19). The van der Waals surface area contributed by atoms with Crippen LogP contribution < -0.4 is 10.6 Å². The normalized spacial score (nSPS) is 11.8. The van der Waals surface area contributed by atoms with Gasteiger partial charge in [-0.15, -0.1) is 0 Å². The van der Waals surface area contributed by atoms with Gasteiger partial charge in [-0.1, -0.05) is 35.5 Å². The van der Waals surface area contributed by atoms with Gasteiger partial charge in [-0.2, -0.15) is 0 Å². The van der Waals surface area contributed by atoms with Crippen LogP contribution in [0.25, 0.3) is 0 Å². The molecule has 2 amide bonds. The predicted octanol–water partition coefficient (Wildman–Crippen LogP) is 1.51. The van der Waals surface area contributed by atoms with Crippen molar-refractivity contribution in [3.63, 3.8) is 0 Å². The molecule has 1 aromatic heterocycles. The quantitative estimate of drug-likeness (QED) is 0.892. The molecule has 0 aliphatic carbocycles. The van der Waals surface area contributed by atoms with Crippen molar-refractivity contribution in [2.24, 2.45) is 0 Å². The second kappa shape index (κ2) is 6.21. The van der Waals surface area contributed by atoms with Crippen LogP contribution in [0.2, 0.25) is 0 Å². The van der Waals surface area contributed by atoms with E-state index in [9.17, 15) is 9.59 Å². The maximum absolute atomic E-state index is 12.4. The van der Waals surface area contributed by atoms with E-state index in [1.165, 1.54) is 7.05 Å². The van der Waals surface area contributed by atoms with Gasteiger partial charge in [-0.3, -0.25) is 9.59 Å². The smallest absolute Gasteiger partial charge is 0.257 e. The van der Waals surface area contributed by atoms with Gasteiger partial charge in [-0.05, 0) is 19.4 Å². The van der Waals surface area contributed by atoms with Crippen molar-refractivity contribution >= 4 is 11.8 Å². The molecule has 2 N–H and O–H groups in total. The Morgan fingerprint density at radius 3 is 2.38 bits per heavy atom. The molecule has 0 fully saturated rings. The van der Waals surface area contributed by atoms with Gasteiger partial charge >= 0.3 is 0 Å². The molecule has 1 heterocycles. The van der Waals surface area contributed by atoms with Gasteiger partial charge in [-0.25, -0.2) is 0 Å². The predicted molar refractivity (Wildman–Crippen MR) is 76.7 cm³/mol. The van der Waals surface area contributed by atoms with Crippen molar-refractivity contribution in [3.05, 3.63) is 52.9 Å². The van der Waals surface area contributed by atoms with Gasteiger partial charge in [0.05, 0.1) is 5.69 Å². The van der Waals surface area contributed by atoms with Crippen LogP contribution in [0, 0.1) is 13.8 Å². The van der Waals surface area contributed by atoms with E-state index in [1.54, 1.807) is 26.0 Å². The minimum atomic E-state index is -0.766. The fraction of sp³-hybridized carbons (Fsp3) is 0.267. The van der Waals surface area contributed by atoms with Crippen LogP contribution in [0.5, 0.6) is 0 Å². The van der Waals surface area contributed by atoms with Crippen molar-refractivity contribution < 1.29 is 14.1 Å². The van der Waals surface area contributed by atoms with Crippen molar-refractivity contribution in [3.8, 4) is 0 Å². The van der Waals surface area contributed by atoms with Crippen molar-refractivity contribution in [1.29, 1.82) is 0 Å². The summed E-state index contributed by atoms with van der Waals surface area (Å²) in [6.07, 6.45) is 0. The molecule has 0 bridgehead atoms. The third-order valence-corrected chi connectivity index (χ3v) is 3.18. The summed E-state index contributed by atoms with van der Waals surface area (Å²) < 4.78 is 4.98. The van der Waals surface area contributed by atoms with Crippen LogP contribution in [0.3, 0.4) is 0 Å². The molecule has 1 aromatic carbocycles. The molecule has 21 heavy (non-hydrogen) atoms. The van der Waals surface area contributed by atoms with Gasteiger partial charge in [0.25, 0.3) is 5.91 Å². The van der Waals surface area contributed by atoms with Crippen molar-refractivity contribution in [2.45, 2.75) is 19.9 Å². The molecule has 0 spiro atoms. The van der Waals surface area contributed by atoms with Crippen molar-refractivity contribution in [1.82, 2.24) is 15.8 Å². The lowest BCUT2D eigenvalue weighted by atomic mass is 10.1. The largest absolute Gasteiger partial charge is 0.361 e. The van der Waals surface area contributed by atoms with Crippen LogP contribution in [-0.4, -0.2) is 24.0 Å². The number of hydrogen-bond acceptors (Lipinski definition) is 4. The van der Waals surface area contributed by atoms with E-state index in [1.807, 2.05) is 18.2 Å². The summed E-state index contributed by atoms with van der Waals surface area (Å²) >= 11 is 0. The Morgan fingerprint density at radius 1 is 1.19 bits per heavy atom. The van der Waals surface area contributed by atoms with Crippen LogP contribution in [0.4, 0.5) is 0 Å². The summed E-state index contributed by atoms with van der Waals surface area (Å²) in [5.74, 6) is -0.251. The molecule has 1 atom stereocenters. The highest BCUT2D eigenvalue weighted by molar-refractivity contribution is 5.99. The monoisotopic (exact) mass is 287 g/mol. The summed E-state index contributed by atoms with van der Waals surface area (Å²) in [5, 5.41) is 9.01. The molecule has 0 saturated carbocycles. The minimum Gasteiger partial charge on any atom is -0.361 e. The molecule has 6 nitrogen and oxygen atoms in total. The van der Waals surface area contributed by atoms with E-state index in [-0.39, 0.29) is 11.8 Å². The maximum atomic E-state index is 12.4. The van der Waals surface area contributed by atoms with Gasteiger partial charge in [0.15, 0.2) is 0 Å². The molecule has 0 radical (unpaired) electrons. The summed E-state index contributed by atoms with van der Waals surface area (Å²) in [6.45, 7) is 3.34. The maximum Gasteiger partial charge on any atom is 0.257 e. The summed E-state index contributed by atoms with van der Waals surface area (Å²) in [7, 11) is 1.53. The zero-order valence-corrected chi connectivity index (χ0v) is 12.1.